The van der Waals surface area contributed by atoms with Gasteiger partial charge >= 0.3 is 6.09 Å². The highest BCUT2D eigenvalue weighted by molar-refractivity contribution is 5.68. The van der Waals surface area contributed by atoms with Gasteiger partial charge in [-0.05, 0) is 64.6 Å². The van der Waals surface area contributed by atoms with Crippen LogP contribution in [0.2, 0.25) is 0 Å². The van der Waals surface area contributed by atoms with E-state index in [1.165, 1.54) is 5.56 Å². The van der Waals surface area contributed by atoms with Crippen molar-refractivity contribution in [1.82, 2.24) is 14.8 Å². The van der Waals surface area contributed by atoms with Gasteiger partial charge in [-0.3, -0.25) is 0 Å². The van der Waals surface area contributed by atoms with Crippen molar-refractivity contribution in [3.63, 3.8) is 0 Å². The van der Waals surface area contributed by atoms with Crippen molar-refractivity contribution < 1.29 is 19.4 Å². The summed E-state index contributed by atoms with van der Waals surface area (Å²) in [5, 5.41) is 9.87. The van der Waals surface area contributed by atoms with Crippen LogP contribution in [0.1, 0.15) is 51.0 Å². The summed E-state index contributed by atoms with van der Waals surface area (Å²) in [4.78, 5) is 20.9. The predicted octanol–water partition coefficient (Wildman–Crippen LogP) is 2.64. The predicted molar refractivity (Wildman–Crippen MR) is 107 cm³/mol. The average molecular weight is 392 g/mol. The number of nitrogens with zero attached hydrogens (tertiary/aromatic N) is 3. The first-order valence-electron chi connectivity index (χ1n) is 10.4. The number of hydrogen-bond acceptors (Lipinski definition) is 6. The van der Waals surface area contributed by atoms with E-state index in [1.54, 1.807) is 18.2 Å². The Labute approximate surface area is 167 Å². The van der Waals surface area contributed by atoms with Gasteiger partial charge < -0.3 is 24.4 Å². The summed E-state index contributed by atoms with van der Waals surface area (Å²) in [6.07, 6.45) is 5.30. The number of carbonyl (C=O) groups excluding carboxylic acids is 1. The zero-order valence-corrected chi connectivity index (χ0v) is 17.2. The lowest BCUT2D eigenvalue weighted by molar-refractivity contribution is -0.00393. The van der Waals surface area contributed by atoms with Crippen LogP contribution >= 0.6 is 0 Å². The van der Waals surface area contributed by atoms with Gasteiger partial charge in [0.15, 0.2) is 0 Å². The van der Waals surface area contributed by atoms with Gasteiger partial charge in [0, 0.05) is 23.8 Å². The molecule has 3 heterocycles. The Morgan fingerprint density at radius 3 is 2.71 bits per heavy atom. The third kappa shape index (κ3) is 4.41. The molecule has 0 bridgehead atoms. The van der Waals surface area contributed by atoms with Crippen LogP contribution in [0.15, 0.2) is 18.3 Å². The van der Waals surface area contributed by atoms with Crippen LogP contribution in [0.3, 0.4) is 0 Å². The van der Waals surface area contributed by atoms with E-state index in [0.29, 0.717) is 18.6 Å². The molecule has 3 rings (SSSR count). The molecule has 156 valence electrons. The van der Waals surface area contributed by atoms with Gasteiger partial charge in [0.2, 0.25) is 5.88 Å². The molecule has 1 amide bonds. The Balaban J connectivity index is 1.61. The topological polar surface area (TPSA) is 75.1 Å². The number of aliphatic hydroxyl groups excluding tert-OH is 1. The van der Waals surface area contributed by atoms with E-state index in [2.05, 4.69) is 22.9 Å². The quantitative estimate of drug-likeness (QED) is 0.832. The molecule has 0 radical (unpaired) electrons. The summed E-state index contributed by atoms with van der Waals surface area (Å²) < 4.78 is 10.6. The van der Waals surface area contributed by atoms with Crippen LogP contribution in [0.25, 0.3) is 0 Å². The molecule has 2 aliphatic heterocycles. The van der Waals surface area contributed by atoms with Crippen molar-refractivity contribution in [3.8, 4) is 5.88 Å². The molecular weight excluding hydrogens is 358 g/mol. The summed E-state index contributed by atoms with van der Waals surface area (Å²) >= 11 is 0. The Bertz CT molecular complexity index is 648. The third-order valence-corrected chi connectivity index (χ3v) is 6.19. The van der Waals surface area contributed by atoms with Crippen LogP contribution in [0, 0.1) is 0 Å². The molecule has 1 aromatic heterocycles. The number of aliphatic hydroxyl groups is 1. The Hall–Kier alpha value is -1.86. The van der Waals surface area contributed by atoms with Crippen LogP contribution < -0.4 is 4.74 Å². The number of likely N-dealkylation sites (tertiary alicyclic amines) is 2. The number of rotatable bonds is 5. The molecule has 28 heavy (non-hydrogen) atoms. The largest absolute Gasteiger partial charge is 0.481 e. The van der Waals surface area contributed by atoms with Crippen LogP contribution in [-0.4, -0.2) is 77.5 Å². The molecule has 2 aliphatic rings. The number of ether oxygens (including phenoxy) is 2. The Kier molecular flexibility index (Phi) is 7.13. The normalized spacial score (nSPS) is 26.9. The fourth-order valence-corrected chi connectivity index (χ4v) is 4.84. The molecule has 7 nitrogen and oxygen atoms in total. The number of aromatic nitrogens is 1. The average Bonchev–Trinajstić information content (AvgIpc) is 2.73. The molecule has 2 fully saturated rings. The molecule has 1 aromatic rings. The summed E-state index contributed by atoms with van der Waals surface area (Å²) in [7, 11) is 1.68. The van der Waals surface area contributed by atoms with E-state index >= 15 is 0 Å². The lowest BCUT2D eigenvalue weighted by atomic mass is 9.86. The van der Waals surface area contributed by atoms with Crippen molar-refractivity contribution in [2.45, 2.75) is 63.6 Å². The first-order valence-corrected chi connectivity index (χ1v) is 10.4. The highest BCUT2D eigenvalue weighted by Crippen LogP contribution is 2.35. The molecule has 0 spiro atoms. The Morgan fingerprint density at radius 2 is 2.07 bits per heavy atom. The molecule has 3 unspecified atom stereocenters. The second kappa shape index (κ2) is 9.56. The minimum atomic E-state index is -0.310. The van der Waals surface area contributed by atoms with Gasteiger partial charge in [-0.15, -0.1) is 0 Å². The first-order chi connectivity index (χ1) is 13.6. The maximum Gasteiger partial charge on any atom is 0.410 e. The number of methoxy groups -OCH3 is 1. The van der Waals surface area contributed by atoms with Gasteiger partial charge in [0.05, 0.1) is 26.4 Å². The third-order valence-electron chi connectivity index (χ3n) is 6.19. The van der Waals surface area contributed by atoms with Gasteiger partial charge in [-0.2, -0.15) is 0 Å². The molecule has 7 heteroatoms. The van der Waals surface area contributed by atoms with Crippen LogP contribution in [0.5, 0.6) is 5.88 Å². The van der Waals surface area contributed by atoms with E-state index in [4.69, 9.17) is 9.47 Å². The van der Waals surface area contributed by atoms with Gasteiger partial charge in [0.1, 0.15) is 0 Å². The van der Waals surface area contributed by atoms with Crippen molar-refractivity contribution in [3.05, 3.63) is 23.9 Å². The fraction of sp³-hybridized carbons (Fsp3) is 0.714. The summed E-state index contributed by atoms with van der Waals surface area (Å²) in [5.41, 5.74) is 1.20. The first kappa shape index (κ1) is 20.9. The highest BCUT2D eigenvalue weighted by atomic mass is 16.6. The standard InChI is InChI=1S/C21H33N3O4/c1-4-28-21(26)24-15(2)12-17(13-18(24)14-25)23-10-7-16(8-11-23)19-6-5-9-22-20(19)27-3/h5-6,9,15-18,25H,4,7-8,10-14H2,1-3H3. The van der Waals surface area contributed by atoms with E-state index < -0.39 is 0 Å². The minimum absolute atomic E-state index is 0.0248. The number of carbonyl (C=O) groups is 1. The van der Waals surface area contributed by atoms with E-state index in [1.807, 2.05) is 13.0 Å². The van der Waals surface area contributed by atoms with Gasteiger partial charge in [-0.25, -0.2) is 9.78 Å². The molecule has 1 N–H and O–H groups in total. The Morgan fingerprint density at radius 1 is 1.32 bits per heavy atom. The minimum Gasteiger partial charge on any atom is -0.481 e. The van der Waals surface area contributed by atoms with Gasteiger partial charge in [0.25, 0.3) is 0 Å². The number of pyridine rings is 1. The monoisotopic (exact) mass is 391 g/mol. The second-order valence-corrected chi connectivity index (χ2v) is 7.83. The molecular formula is C21H33N3O4. The van der Waals surface area contributed by atoms with E-state index in [0.717, 1.165) is 44.7 Å². The summed E-state index contributed by atoms with van der Waals surface area (Å²) in [6, 6.07) is 4.36. The van der Waals surface area contributed by atoms with Crippen molar-refractivity contribution in [2.75, 3.05) is 33.4 Å². The lowest BCUT2D eigenvalue weighted by Crippen LogP contribution is -2.58. The number of hydrogen-bond donors (Lipinski definition) is 1. The molecule has 2 saturated heterocycles. The van der Waals surface area contributed by atoms with Crippen molar-refractivity contribution in [2.24, 2.45) is 0 Å². The number of amides is 1. The molecule has 3 atom stereocenters. The molecule has 0 saturated carbocycles. The van der Waals surface area contributed by atoms with E-state index in [9.17, 15) is 9.90 Å². The van der Waals surface area contributed by atoms with Crippen LogP contribution in [-0.2, 0) is 4.74 Å². The van der Waals surface area contributed by atoms with Crippen LogP contribution in [0.4, 0.5) is 4.79 Å². The second-order valence-electron chi connectivity index (χ2n) is 7.83. The molecule has 0 aromatic carbocycles. The zero-order valence-electron chi connectivity index (χ0n) is 17.2. The maximum absolute atomic E-state index is 12.3. The van der Waals surface area contributed by atoms with Gasteiger partial charge in [-0.1, -0.05) is 6.07 Å². The maximum atomic E-state index is 12.3. The summed E-state index contributed by atoms with van der Waals surface area (Å²) in [6.45, 7) is 6.22. The highest BCUT2D eigenvalue weighted by Gasteiger charge is 2.39. The molecule has 0 aliphatic carbocycles. The smallest absolute Gasteiger partial charge is 0.410 e. The van der Waals surface area contributed by atoms with Crippen molar-refractivity contribution >= 4 is 6.09 Å². The SMILES string of the molecule is CCOC(=O)N1C(C)CC(N2CCC(c3cccnc3OC)CC2)CC1CO. The summed E-state index contributed by atoms with van der Waals surface area (Å²) in [5.74, 6) is 1.20. The number of piperidine rings is 2. The zero-order chi connectivity index (χ0) is 20.1. The lowest BCUT2D eigenvalue weighted by Gasteiger charge is -2.47. The fourth-order valence-electron chi connectivity index (χ4n) is 4.84. The van der Waals surface area contributed by atoms with Crippen molar-refractivity contribution in [1.29, 1.82) is 0 Å². The van der Waals surface area contributed by atoms with E-state index in [-0.39, 0.29) is 24.8 Å².